The summed E-state index contributed by atoms with van der Waals surface area (Å²) in [6.45, 7) is 6.79. The van der Waals surface area contributed by atoms with Crippen molar-refractivity contribution in [2.45, 2.75) is 58.0 Å². The number of rotatable bonds is 6. The third kappa shape index (κ3) is 5.55. The van der Waals surface area contributed by atoms with Crippen LogP contribution in [0.4, 0.5) is 0 Å². The molecular formula is C21H32N2O2. The average Bonchev–Trinajstić information content (AvgIpc) is 2.68. The molecule has 2 saturated heterocycles. The predicted molar refractivity (Wildman–Crippen MR) is 101 cm³/mol. The number of likely N-dealkylation sites (tertiary alicyclic amines) is 1. The van der Waals surface area contributed by atoms with Crippen LogP contribution in [0.2, 0.25) is 0 Å². The minimum atomic E-state index is 0.187. The van der Waals surface area contributed by atoms with Gasteiger partial charge < -0.3 is 15.0 Å². The van der Waals surface area contributed by atoms with Gasteiger partial charge in [-0.15, -0.1) is 0 Å². The third-order valence-electron chi connectivity index (χ3n) is 5.53. The smallest absolute Gasteiger partial charge is 0.253 e. The van der Waals surface area contributed by atoms with E-state index in [1.54, 1.807) is 0 Å². The molecule has 0 radical (unpaired) electrons. The summed E-state index contributed by atoms with van der Waals surface area (Å²) in [5, 5.41) is 3.62. The number of nitrogens with zero attached hydrogens (tertiary/aromatic N) is 1. The molecular weight excluding hydrogens is 312 g/mol. The molecule has 2 aliphatic heterocycles. The van der Waals surface area contributed by atoms with Crippen LogP contribution in [-0.2, 0) is 11.3 Å². The summed E-state index contributed by atoms with van der Waals surface area (Å²) in [7, 11) is 0. The van der Waals surface area contributed by atoms with Crippen LogP contribution in [-0.4, -0.2) is 43.2 Å². The van der Waals surface area contributed by atoms with E-state index < -0.39 is 0 Å². The fraction of sp³-hybridized carbons (Fsp3) is 0.667. The Hall–Kier alpha value is -1.39. The van der Waals surface area contributed by atoms with Gasteiger partial charge in [0.15, 0.2) is 0 Å². The van der Waals surface area contributed by atoms with Crippen molar-refractivity contribution in [3.05, 3.63) is 35.4 Å². The Bertz CT molecular complexity index is 531. The first-order chi connectivity index (χ1) is 12.2. The second kappa shape index (κ2) is 9.35. The summed E-state index contributed by atoms with van der Waals surface area (Å²) < 4.78 is 5.43. The van der Waals surface area contributed by atoms with Gasteiger partial charge in [0.05, 0.1) is 0 Å². The summed E-state index contributed by atoms with van der Waals surface area (Å²) in [5.41, 5.74) is 2.06. The van der Waals surface area contributed by atoms with Gasteiger partial charge in [-0.25, -0.2) is 0 Å². The van der Waals surface area contributed by atoms with Crippen LogP contribution in [0, 0.1) is 5.92 Å². The minimum Gasteiger partial charge on any atom is -0.381 e. The van der Waals surface area contributed by atoms with Gasteiger partial charge in [-0.05, 0) is 69.1 Å². The van der Waals surface area contributed by atoms with Gasteiger partial charge in [-0.2, -0.15) is 0 Å². The van der Waals surface area contributed by atoms with Gasteiger partial charge in [0.1, 0.15) is 0 Å². The van der Waals surface area contributed by atoms with Crippen molar-refractivity contribution in [3.63, 3.8) is 0 Å². The van der Waals surface area contributed by atoms with E-state index in [2.05, 4.69) is 24.4 Å². The average molecular weight is 344 g/mol. The van der Waals surface area contributed by atoms with Gasteiger partial charge in [-0.1, -0.05) is 12.1 Å². The Labute approximate surface area is 151 Å². The molecule has 1 aromatic carbocycles. The molecule has 138 valence electrons. The number of nitrogens with one attached hydrogen (secondary N) is 1. The molecule has 4 nitrogen and oxygen atoms in total. The van der Waals surface area contributed by atoms with Crippen LogP contribution in [0.5, 0.6) is 0 Å². The van der Waals surface area contributed by atoms with E-state index in [1.807, 2.05) is 17.0 Å². The maximum absolute atomic E-state index is 12.5. The molecule has 0 aliphatic carbocycles. The Morgan fingerprint density at radius 3 is 2.52 bits per heavy atom. The van der Waals surface area contributed by atoms with E-state index in [1.165, 1.54) is 31.2 Å². The Kier molecular flexibility index (Phi) is 6.88. The largest absolute Gasteiger partial charge is 0.381 e. The quantitative estimate of drug-likeness (QED) is 0.857. The topological polar surface area (TPSA) is 41.6 Å². The fourth-order valence-corrected chi connectivity index (χ4v) is 3.90. The molecule has 0 spiro atoms. The van der Waals surface area contributed by atoms with Crippen LogP contribution < -0.4 is 5.32 Å². The lowest BCUT2D eigenvalue weighted by Crippen LogP contribution is -2.35. The third-order valence-corrected chi connectivity index (χ3v) is 5.53. The van der Waals surface area contributed by atoms with Crippen LogP contribution in [0.3, 0.4) is 0 Å². The number of hydrogen-bond donors (Lipinski definition) is 1. The van der Waals surface area contributed by atoms with Gasteiger partial charge in [0.2, 0.25) is 0 Å². The van der Waals surface area contributed by atoms with E-state index in [0.29, 0.717) is 6.04 Å². The van der Waals surface area contributed by atoms with Gasteiger partial charge in [0, 0.05) is 44.5 Å². The summed E-state index contributed by atoms with van der Waals surface area (Å²) >= 11 is 0. The number of amides is 1. The number of carbonyl (C=O) groups is 1. The second-order valence-corrected chi connectivity index (χ2v) is 7.62. The maximum Gasteiger partial charge on any atom is 0.253 e. The molecule has 2 aliphatic rings. The Morgan fingerprint density at radius 2 is 1.84 bits per heavy atom. The highest BCUT2D eigenvalue weighted by atomic mass is 16.5. The van der Waals surface area contributed by atoms with Crippen molar-refractivity contribution in [1.29, 1.82) is 0 Å². The first kappa shape index (κ1) is 18.4. The molecule has 1 atom stereocenters. The molecule has 1 aromatic rings. The molecule has 3 rings (SSSR count). The van der Waals surface area contributed by atoms with Crippen molar-refractivity contribution in [2.24, 2.45) is 5.92 Å². The highest BCUT2D eigenvalue weighted by molar-refractivity contribution is 5.94. The number of benzene rings is 1. The van der Waals surface area contributed by atoms with Gasteiger partial charge in [0.25, 0.3) is 5.91 Å². The summed E-state index contributed by atoms with van der Waals surface area (Å²) in [6.07, 6.45) is 7.13. The Balaban J connectivity index is 1.44. The SMILES string of the molecule is CC(CC1CCOCC1)NCc1ccc(C(=O)N2CCCCC2)cc1. The molecule has 2 fully saturated rings. The van der Waals surface area contributed by atoms with E-state index >= 15 is 0 Å². The van der Waals surface area contributed by atoms with E-state index in [4.69, 9.17) is 4.74 Å². The molecule has 0 aromatic heterocycles. The zero-order valence-corrected chi connectivity index (χ0v) is 15.5. The van der Waals surface area contributed by atoms with Crippen LogP contribution in [0.15, 0.2) is 24.3 Å². The van der Waals surface area contributed by atoms with Crippen LogP contribution in [0.1, 0.15) is 61.4 Å². The lowest BCUT2D eigenvalue weighted by molar-refractivity contribution is 0.0611. The lowest BCUT2D eigenvalue weighted by atomic mass is 9.93. The molecule has 4 heteroatoms. The second-order valence-electron chi connectivity index (χ2n) is 7.62. The van der Waals surface area contributed by atoms with Crippen molar-refractivity contribution >= 4 is 5.91 Å². The van der Waals surface area contributed by atoms with Gasteiger partial charge in [-0.3, -0.25) is 4.79 Å². The molecule has 25 heavy (non-hydrogen) atoms. The van der Waals surface area contributed by atoms with Crippen molar-refractivity contribution in [3.8, 4) is 0 Å². The summed E-state index contributed by atoms with van der Waals surface area (Å²) in [5.74, 6) is 0.980. The van der Waals surface area contributed by atoms with Crippen molar-refractivity contribution in [1.82, 2.24) is 10.2 Å². The highest BCUT2D eigenvalue weighted by Crippen LogP contribution is 2.20. The number of ether oxygens (including phenoxy) is 1. The first-order valence-corrected chi connectivity index (χ1v) is 9.92. The standard InChI is InChI=1S/C21H32N2O2/c1-17(15-18-9-13-25-14-10-18)22-16-19-5-7-20(8-6-19)21(24)23-11-3-2-4-12-23/h5-8,17-18,22H,2-4,9-16H2,1H3. The molecule has 1 unspecified atom stereocenters. The summed E-state index contributed by atoms with van der Waals surface area (Å²) in [6, 6.07) is 8.66. The van der Waals surface area contributed by atoms with E-state index in [0.717, 1.165) is 57.2 Å². The number of carbonyl (C=O) groups excluding carboxylic acids is 1. The lowest BCUT2D eigenvalue weighted by Gasteiger charge is -2.27. The first-order valence-electron chi connectivity index (χ1n) is 9.92. The number of piperidine rings is 1. The monoisotopic (exact) mass is 344 g/mol. The Morgan fingerprint density at radius 1 is 1.16 bits per heavy atom. The highest BCUT2D eigenvalue weighted by Gasteiger charge is 2.18. The predicted octanol–water partition coefficient (Wildman–Crippen LogP) is 3.61. The van der Waals surface area contributed by atoms with Crippen molar-refractivity contribution < 1.29 is 9.53 Å². The molecule has 1 amide bonds. The molecule has 0 bridgehead atoms. The minimum absolute atomic E-state index is 0.187. The van der Waals surface area contributed by atoms with E-state index in [-0.39, 0.29) is 5.91 Å². The van der Waals surface area contributed by atoms with Crippen molar-refractivity contribution in [2.75, 3.05) is 26.3 Å². The van der Waals surface area contributed by atoms with Crippen LogP contribution >= 0.6 is 0 Å². The molecule has 1 N–H and O–H groups in total. The normalized spacial score (nSPS) is 20.4. The molecule has 2 heterocycles. The number of hydrogen-bond acceptors (Lipinski definition) is 3. The van der Waals surface area contributed by atoms with Gasteiger partial charge >= 0.3 is 0 Å². The molecule has 0 saturated carbocycles. The zero-order valence-electron chi connectivity index (χ0n) is 15.5. The summed E-state index contributed by atoms with van der Waals surface area (Å²) in [4.78, 5) is 14.5. The van der Waals surface area contributed by atoms with Crippen LogP contribution in [0.25, 0.3) is 0 Å². The van der Waals surface area contributed by atoms with E-state index in [9.17, 15) is 4.79 Å². The maximum atomic E-state index is 12.5. The fourth-order valence-electron chi connectivity index (χ4n) is 3.90. The zero-order chi connectivity index (χ0) is 17.5.